The van der Waals surface area contributed by atoms with Gasteiger partial charge < -0.3 is 9.73 Å². The van der Waals surface area contributed by atoms with Crippen LogP contribution >= 0.6 is 0 Å². The van der Waals surface area contributed by atoms with E-state index in [1.54, 1.807) is 31.4 Å². The Morgan fingerprint density at radius 1 is 1.00 bits per heavy atom. The first-order chi connectivity index (χ1) is 9.39. The SMILES string of the molecule is CC(NC(C)c1ccccc1C(F)(F)F)c1ccco1. The zero-order valence-electron chi connectivity index (χ0n) is 11.2. The van der Waals surface area contributed by atoms with E-state index >= 15 is 0 Å². The first kappa shape index (κ1) is 14.7. The van der Waals surface area contributed by atoms with Crippen molar-refractivity contribution in [3.05, 3.63) is 59.5 Å². The lowest BCUT2D eigenvalue weighted by molar-refractivity contribution is -0.138. The second-order valence-electron chi connectivity index (χ2n) is 4.71. The van der Waals surface area contributed by atoms with Gasteiger partial charge in [-0.2, -0.15) is 13.2 Å². The molecule has 0 bridgehead atoms. The number of nitrogens with one attached hydrogen (secondary N) is 1. The molecule has 0 aliphatic heterocycles. The minimum atomic E-state index is -4.35. The van der Waals surface area contributed by atoms with Gasteiger partial charge in [0.2, 0.25) is 0 Å². The molecular formula is C15H16F3NO. The third-order valence-electron chi connectivity index (χ3n) is 3.20. The predicted molar refractivity (Wildman–Crippen MR) is 70.1 cm³/mol. The van der Waals surface area contributed by atoms with E-state index in [1.807, 2.05) is 6.92 Å². The molecule has 0 aliphatic carbocycles. The van der Waals surface area contributed by atoms with Crippen molar-refractivity contribution in [3.63, 3.8) is 0 Å². The fraction of sp³-hybridized carbons (Fsp3) is 0.333. The normalized spacial score (nSPS) is 15.1. The van der Waals surface area contributed by atoms with E-state index in [4.69, 9.17) is 4.42 Å². The molecule has 1 aromatic heterocycles. The highest BCUT2D eigenvalue weighted by Gasteiger charge is 2.34. The third-order valence-corrected chi connectivity index (χ3v) is 3.20. The zero-order valence-corrected chi connectivity index (χ0v) is 11.2. The van der Waals surface area contributed by atoms with E-state index in [2.05, 4.69) is 5.32 Å². The molecule has 0 saturated heterocycles. The first-order valence-corrected chi connectivity index (χ1v) is 6.35. The number of hydrogen-bond acceptors (Lipinski definition) is 2. The number of halogens is 3. The van der Waals surface area contributed by atoms with Crippen LogP contribution in [-0.2, 0) is 6.18 Å². The largest absolute Gasteiger partial charge is 0.468 e. The molecule has 1 heterocycles. The van der Waals surface area contributed by atoms with Gasteiger partial charge in [0.25, 0.3) is 0 Å². The maximum absolute atomic E-state index is 13.0. The molecule has 0 saturated carbocycles. The Balaban J connectivity index is 2.19. The van der Waals surface area contributed by atoms with E-state index in [0.29, 0.717) is 5.76 Å². The van der Waals surface area contributed by atoms with Crippen molar-refractivity contribution in [1.29, 1.82) is 0 Å². The summed E-state index contributed by atoms with van der Waals surface area (Å²) in [6, 6.07) is 8.55. The van der Waals surface area contributed by atoms with Crippen molar-refractivity contribution >= 4 is 0 Å². The molecule has 0 fully saturated rings. The Bertz CT molecular complexity index is 548. The fourth-order valence-electron chi connectivity index (χ4n) is 2.22. The molecule has 2 atom stereocenters. The highest BCUT2D eigenvalue weighted by Crippen LogP contribution is 2.35. The van der Waals surface area contributed by atoms with Gasteiger partial charge in [-0.3, -0.25) is 0 Å². The fourth-order valence-corrected chi connectivity index (χ4v) is 2.22. The van der Waals surface area contributed by atoms with Gasteiger partial charge in [-0.25, -0.2) is 0 Å². The molecule has 0 spiro atoms. The lowest BCUT2D eigenvalue weighted by atomic mass is 10.00. The van der Waals surface area contributed by atoms with E-state index in [1.165, 1.54) is 12.1 Å². The molecule has 108 valence electrons. The minimum Gasteiger partial charge on any atom is -0.468 e. The maximum Gasteiger partial charge on any atom is 0.416 e. The lowest BCUT2D eigenvalue weighted by Crippen LogP contribution is -2.24. The number of rotatable bonds is 4. The monoisotopic (exact) mass is 283 g/mol. The number of benzene rings is 1. The Labute approximate surface area is 115 Å². The molecule has 0 aliphatic rings. The topological polar surface area (TPSA) is 25.2 Å². The van der Waals surface area contributed by atoms with Gasteiger partial charge in [0.05, 0.1) is 17.9 Å². The minimum absolute atomic E-state index is 0.165. The van der Waals surface area contributed by atoms with Crippen molar-refractivity contribution in [3.8, 4) is 0 Å². The summed E-state index contributed by atoms with van der Waals surface area (Å²) >= 11 is 0. The summed E-state index contributed by atoms with van der Waals surface area (Å²) in [6.07, 6.45) is -2.80. The highest BCUT2D eigenvalue weighted by molar-refractivity contribution is 5.32. The summed E-state index contributed by atoms with van der Waals surface area (Å²) in [5.41, 5.74) is -0.370. The number of alkyl halides is 3. The second kappa shape index (κ2) is 5.71. The van der Waals surface area contributed by atoms with Crippen LogP contribution in [0.1, 0.15) is 42.8 Å². The number of furan rings is 1. The van der Waals surface area contributed by atoms with Crippen LogP contribution in [0.4, 0.5) is 13.2 Å². The molecule has 2 aromatic rings. The molecule has 2 nitrogen and oxygen atoms in total. The molecule has 5 heteroatoms. The van der Waals surface area contributed by atoms with Crippen LogP contribution in [-0.4, -0.2) is 0 Å². The van der Waals surface area contributed by atoms with Crippen molar-refractivity contribution in [2.75, 3.05) is 0 Å². The van der Waals surface area contributed by atoms with Crippen molar-refractivity contribution in [2.24, 2.45) is 0 Å². The van der Waals surface area contributed by atoms with Gasteiger partial charge in [-0.05, 0) is 37.6 Å². The van der Waals surface area contributed by atoms with Gasteiger partial charge in [0.1, 0.15) is 5.76 Å². The van der Waals surface area contributed by atoms with Crippen LogP contribution in [0.15, 0.2) is 47.1 Å². The van der Waals surface area contributed by atoms with Gasteiger partial charge in [-0.1, -0.05) is 18.2 Å². The zero-order chi connectivity index (χ0) is 14.8. The first-order valence-electron chi connectivity index (χ1n) is 6.35. The van der Waals surface area contributed by atoms with Gasteiger partial charge >= 0.3 is 6.18 Å². The van der Waals surface area contributed by atoms with E-state index < -0.39 is 17.8 Å². The van der Waals surface area contributed by atoms with Gasteiger partial charge in [0.15, 0.2) is 0 Å². The van der Waals surface area contributed by atoms with E-state index in [0.717, 1.165) is 6.07 Å². The summed E-state index contributed by atoms with van der Waals surface area (Å²) in [7, 11) is 0. The number of hydrogen-bond donors (Lipinski definition) is 1. The van der Waals surface area contributed by atoms with Crippen LogP contribution in [0.5, 0.6) is 0 Å². The smallest absolute Gasteiger partial charge is 0.416 e. The molecular weight excluding hydrogens is 267 g/mol. The lowest BCUT2D eigenvalue weighted by Gasteiger charge is -2.22. The van der Waals surface area contributed by atoms with Crippen LogP contribution in [0.3, 0.4) is 0 Å². The Morgan fingerprint density at radius 3 is 2.30 bits per heavy atom. The molecule has 20 heavy (non-hydrogen) atoms. The van der Waals surface area contributed by atoms with E-state index in [9.17, 15) is 13.2 Å². The molecule has 2 rings (SSSR count). The van der Waals surface area contributed by atoms with Crippen molar-refractivity contribution in [2.45, 2.75) is 32.1 Å². The molecule has 1 N–H and O–H groups in total. The third kappa shape index (κ3) is 3.22. The average Bonchev–Trinajstić information content (AvgIpc) is 2.91. The van der Waals surface area contributed by atoms with Crippen molar-refractivity contribution < 1.29 is 17.6 Å². The molecule has 0 amide bonds. The Morgan fingerprint density at radius 2 is 1.70 bits per heavy atom. The highest BCUT2D eigenvalue weighted by atomic mass is 19.4. The molecule has 1 aromatic carbocycles. The summed E-state index contributed by atoms with van der Waals surface area (Å²) in [5, 5.41) is 3.12. The summed E-state index contributed by atoms with van der Waals surface area (Å²) in [4.78, 5) is 0. The predicted octanol–water partition coefficient (Wildman–Crippen LogP) is 4.71. The standard InChI is InChI=1S/C15H16F3NO/c1-10(19-11(2)14-8-5-9-20-14)12-6-3-4-7-13(12)15(16,17)18/h3-11,19H,1-2H3. The van der Waals surface area contributed by atoms with Crippen molar-refractivity contribution in [1.82, 2.24) is 5.32 Å². The summed E-state index contributed by atoms with van der Waals surface area (Å²) in [5.74, 6) is 0.696. The quantitative estimate of drug-likeness (QED) is 0.879. The Kier molecular flexibility index (Phi) is 4.18. The van der Waals surface area contributed by atoms with Crippen LogP contribution in [0.25, 0.3) is 0 Å². The van der Waals surface area contributed by atoms with Gasteiger partial charge in [0, 0.05) is 6.04 Å². The van der Waals surface area contributed by atoms with Crippen LogP contribution in [0, 0.1) is 0 Å². The average molecular weight is 283 g/mol. The second-order valence-corrected chi connectivity index (χ2v) is 4.71. The van der Waals surface area contributed by atoms with E-state index in [-0.39, 0.29) is 11.6 Å². The maximum atomic E-state index is 13.0. The molecule has 2 unspecified atom stereocenters. The Hall–Kier alpha value is -1.75. The van der Waals surface area contributed by atoms with Gasteiger partial charge in [-0.15, -0.1) is 0 Å². The summed E-state index contributed by atoms with van der Waals surface area (Å²) in [6.45, 7) is 3.57. The van der Waals surface area contributed by atoms with Crippen LogP contribution < -0.4 is 5.32 Å². The van der Waals surface area contributed by atoms with Crippen LogP contribution in [0.2, 0.25) is 0 Å². The molecule has 0 radical (unpaired) electrons. The summed E-state index contributed by atoms with van der Waals surface area (Å²) < 4.78 is 44.2.